The number of allylic oxidation sites excluding steroid dienone is 3. The van der Waals surface area contributed by atoms with Crippen molar-refractivity contribution < 1.29 is 8.42 Å². The minimum absolute atomic E-state index is 0.112. The summed E-state index contributed by atoms with van der Waals surface area (Å²) in [6.07, 6.45) is 4.04. The highest BCUT2D eigenvalue weighted by atomic mass is 35.5. The highest BCUT2D eigenvalue weighted by Crippen LogP contribution is 2.33. The smallest absolute Gasteiger partial charge is 0.173 e. The second-order valence-corrected chi connectivity index (χ2v) is 8.49. The third-order valence-electron chi connectivity index (χ3n) is 3.86. The fourth-order valence-corrected chi connectivity index (χ4v) is 3.60. The number of nitrogens with zero attached hydrogens (tertiary/aromatic N) is 2. The van der Waals surface area contributed by atoms with Gasteiger partial charge in [0.1, 0.15) is 15.7 Å². The molecule has 0 atom stereocenters. The Morgan fingerprint density at radius 3 is 2.21 bits per heavy atom. The molecule has 8 radical (unpaired) electrons. The molecule has 2 rings (SSSR count). The van der Waals surface area contributed by atoms with E-state index in [9.17, 15) is 8.42 Å². The van der Waals surface area contributed by atoms with Gasteiger partial charge in [-0.2, -0.15) is 0 Å². The second kappa shape index (κ2) is 8.58. The SMILES string of the molecule is [B]C([B])=C(/C([B])=C(/[B])C(=C)c1cc(Cl)cnc1-c1ccc(C)nc1)S(C)(=O)=O. The largest absolute Gasteiger partial charge is 0.261 e. The predicted octanol–water partition coefficient (Wildman–Crippen LogP) is 2.22. The third-order valence-corrected chi connectivity index (χ3v) is 5.26. The van der Waals surface area contributed by atoms with Crippen molar-refractivity contribution in [2.75, 3.05) is 6.26 Å². The molecule has 0 saturated carbocycles. The molecule has 0 spiro atoms. The summed E-state index contributed by atoms with van der Waals surface area (Å²) in [4.78, 5) is 8.13. The molecule has 0 aliphatic rings. The van der Waals surface area contributed by atoms with Gasteiger partial charge in [-0.25, -0.2) is 8.42 Å². The van der Waals surface area contributed by atoms with Gasteiger partial charge in [0.05, 0.1) is 26.4 Å². The number of aromatic nitrogens is 2. The van der Waals surface area contributed by atoms with Crippen molar-refractivity contribution in [3.05, 3.63) is 74.7 Å². The van der Waals surface area contributed by atoms with Crippen LogP contribution in [0.3, 0.4) is 0 Å². The number of pyridine rings is 2. The van der Waals surface area contributed by atoms with Gasteiger partial charge in [0.25, 0.3) is 0 Å². The molecule has 10 heteroatoms. The van der Waals surface area contributed by atoms with Crippen molar-refractivity contribution in [2.45, 2.75) is 6.92 Å². The number of aryl methyl sites for hydroxylation is 1. The van der Waals surface area contributed by atoms with Crippen LogP contribution < -0.4 is 0 Å². The number of rotatable bonds is 5. The van der Waals surface area contributed by atoms with Gasteiger partial charge in [0.2, 0.25) is 0 Å². The molecule has 0 N–H and O–H groups in total. The van der Waals surface area contributed by atoms with E-state index < -0.39 is 20.1 Å². The van der Waals surface area contributed by atoms with Crippen LogP contribution in [0, 0.1) is 6.92 Å². The lowest BCUT2D eigenvalue weighted by Crippen LogP contribution is -2.11. The Morgan fingerprint density at radius 2 is 1.71 bits per heavy atom. The molecule has 0 aromatic carbocycles. The zero-order valence-electron chi connectivity index (χ0n) is 15.4. The third kappa shape index (κ3) is 4.89. The standard InChI is InChI=1S/C18H13B4ClN2O2S/c1-9-4-5-11(7-24-9)16-13(6-12(23)8-25-16)10(2)14(19)15(20)17(18(21)22)28(3,26)27/h4-8H,2H2,1,3H3/b15-14-. The summed E-state index contributed by atoms with van der Waals surface area (Å²) in [5.74, 6) is 0. The van der Waals surface area contributed by atoms with Crippen molar-refractivity contribution in [1.82, 2.24) is 9.97 Å². The van der Waals surface area contributed by atoms with Crippen molar-refractivity contribution in [3.8, 4) is 11.3 Å². The monoisotopic (exact) mass is 400 g/mol. The average Bonchev–Trinajstić information content (AvgIpc) is 2.59. The van der Waals surface area contributed by atoms with Crippen LogP contribution in [0.5, 0.6) is 0 Å². The molecule has 4 nitrogen and oxygen atoms in total. The first-order valence-electron chi connectivity index (χ1n) is 7.92. The Balaban J connectivity index is 2.68. The van der Waals surface area contributed by atoms with E-state index in [0.717, 1.165) is 11.9 Å². The van der Waals surface area contributed by atoms with E-state index in [4.69, 9.17) is 43.0 Å². The quantitative estimate of drug-likeness (QED) is 0.571. The van der Waals surface area contributed by atoms with Gasteiger partial charge in [0, 0.05) is 40.4 Å². The van der Waals surface area contributed by atoms with E-state index in [0.29, 0.717) is 21.8 Å². The van der Waals surface area contributed by atoms with Crippen LogP contribution in [-0.2, 0) is 9.84 Å². The maximum Gasteiger partial charge on any atom is 0.173 e. The molecule has 132 valence electrons. The van der Waals surface area contributed by atoms with Crippen LogP contribution in [-0.4, -0.2) is 56.0 Å². The van der Waals surface area contributed by atoms with Crippen LogP contribution in [0.25, 0.3) is 16.8 Å². The summed E-state index contributed by atoms with van der Waals surface area (Å²) < 4.78 is 24.0. The van der Waals surface area contributed by atoms with Gasteiger partial charge < -0.3 is 0 Å². The van der Waals surface area contributed by atoms with E-state index in [2.05, 4.69) is 16.5 Å². The maximum absolute atomic E-state index is 12.0. The van der Waals surface area contributed by atoms with E-state index >= 15 is 0 Å². The summed E-state index contributed by atoms with van der Waals surface area (Å²) in [5, 5.41) is -0.133. The molecule has 2 heterocycles. The lowest BCUT2D eigenvalue weighted by molar-refractivity contribution is 0.608. The maximum atomic E-state index is 12.0. The molecule has 0 saturated heterocycles. The molecule has 0 fully saturated rings. The number of sulfone groups is 1. The second-order valence-electron chi connectivity index (χ2n) is 6.10. The fourth-order valence-electron chi connectivity index (χ4n) is 2.51. The Labute approximate surface area is 175 Å². The van der Waals surface area contributed by atoms with Gasteiger partial charge >= 0.3 is 0 Å². The highest BCUT2D eigenvalue weighted by Gasteiger charge is 2.19. The van der Waals surface area contributed by atoms with Gasteiger partial charge in [-0.05, 0) is 30.7 Å². The lowest BCUT2D eigenvalue weighted by atomic mass is 9.69. The van der Waals surface area contributed by atoms with Crippen LogP contribution >= 0.6 is 11.6 Å². The van der Waals surface area contributed by atoms with Crippen molar-refractivity contribution in [2.24, 2.45) is 0 Å². The van der Waals surface area contributed by atoms with Crippen LogP contribution in [0.1, 0.15) is 11.3 Å². The van der Waals surface area contributed by atoms with E-state index in [1.54, 1.807) is 12.3 Å². The first kappa shape index (κ1) is 22.3. The Morgan fingerprint density at radius 1 is 1.07 bits per heavy atom. The predicted molar refractivity (Wildman–Crippen MR) is 118 cm³/mol. The number of hydrogen-bond donors (Lipinski definition) is 0. The summed E-state index contributed by atoms with van der Waals surface area (Å²) in [6, 6.07) is 5.26. The minimum atomic E-state index is -3.83. The van der Waals surface area contributed by atoms with E-state index in [-0.39, 0.29) is 16.5 Å². The molecule has 0 aliphatic carbocycles. The topological polar surface area (TPSA) is 59.9 Å². The van der Waals surface area contributed by atoms with Gasteiger partial charge in [0.15, 0.2) is 9.84 Å². The summed E-state index contributed by atoms with van der Waals surface area (Å²) in [5.41, 5.74) is 2.29. The van der Waals surface area contributed by atoms with Crippen LogP contribution in [0.2, 0.25) is 5.02 Å². The summed E-state index contributed by atoms with van der Waals surface area (Å²) in [6.45, 7) is 5.79. The molecule has 0 unspecified atom stereocenters. The normalized spacial score (nSPS) is 12.2. The molecule has 28 heavy (non-hydrogen) atoms. The van der Waals surface area contributed by atoms with Crippen LogP contribution in [0.15, 0.2) is 58.4 Å². The molecule has 2 aromatic heterocycles. The zero-order chi connectivity index (χ0) is 21.2. The molecule has 0 bridgehead atoms. The Bertz CT molecular complexity index is 1110. The number of hydrogen-bond acceptors (Lipinski definition) is 4. The van der Waals surface area contributed by atoms with Gasteiger partial charge in [-0.3, -0.25) is 9.97 Å². The first-order chi connectivity index (χ1) is 12.9. The Kier molecular flexibility index (Phi) is 6.84. The molecular weight excluding hydrogens is 387 g/mol. The molecule has 0 aliphatic heterocycles. The summed E-state index contributed by atoms with van der Waals surface area (Å²) in [7, 11) is 19.2. The molecular formula is C18H13B4ClN2O2S. The van der Waals surface area contributed by atoms with Crippen molar-refractivity contribution in [3.63, 3.8) is 0 Å². The average molecular weight is 400 g/mol. The molecule has 2 aromatic rings. The lowest BCUT2D eigenvalue weighted by Gasteiger charge is -2.18. The zero-order valence-corrected chi connectivity index (χ0v) is 17.0. The summed E-state index contributed by atoms with van der Waals surface area (Å²) >= 11 is 6.09. The van der Waals surface area contributed by atoms with Gasteiger partial charge in [-0.1, -0.05) is 29.1 Å². The van der Waals surface area contributed by atoms with Gasteiger partial charge in [-0.15, -0.1) is 5.37 Å². The fraction of sp³-hybridized carbons (Fsp3) is 0.111. The highest BCUT2D eigenvalue weighted by molar-refractivity contribution is 7.95. The van der Waals surface area contributed by atoms with Crippen molar-refractivity contribution in [1.29, 1.82) is 0 Å². The van der Waals surface area contributed by atoms with E-state index in [1.165, 1.54) is 6.20 Å². The number of halogens is 1. The molecule has 0 amide bonds. The van der Waals surface area contributed by atoms with Crippen molar-refractivity contribution >= 4 is 58.4 Å². The minimum Gasteiger partial charge on any atom is -0.261 e. The van der Waals surface area contributed by atoms with E-state index in [1.807, 2.05) is 19.1 Å². The first-order valence-corrected chi connectivity index (χ1v) is 10.2. The van der Waals surface area contributed by atoms with Crippen LogP contribution in [0.4, 0.5) is 0 Å². The Hall–Kier alpha value is -1.98.